The van der Waals surface area contributed by atoms with Crippen molar-refractivity contribution in [2.75, 3.05) is 38.1 Å². The smallest absolute Gasteiger partial charge is 0.373 e. The van der Waals surface area contributed by atoms with Gasteiger partial charge in [-0.1, -0.05) is 133 Å². The van der Waals surface area contributed by atoms with Crippen molar-refractivity contribution in [1.29, 1.82) is 0 Å². The fourth-order valence-corrected chi connectivity index (χ4v) is 11.6. The molecule has 358 valence electrons. The molecule has 2 unspecified atom stereocenters. The Labute approximate surface area is 422 Å². The maximum absolute atomic E-state index is 6.36. The van der Waals surface area contributed by atoms with Crippen molar-refractivity contribution >= 4 is 45.7 Å². The summed E-state index contributed by atoms with van der Waals surface area (Å²) >= 11 is 0. The van der Waals surface area contributed by atoms with E-state index in [0.717, 1.165) is 71.2 Å². The van der Waals surface area contributed by atoms with Crippen molar-refractivity contribution in [2.24, 2.45) is 14.1 Å². The van der Waals surface area contributed by atoms with Crippen molar-refractivity contribution in [1.82, 2.24) is 0 Å². The predicted octanol–water partition coefficient (Wildman–Crippen LogP) is 12.4. The van der Waals surface area contributed by atoms with Gasteiger partial charge in [-0.05, 0) is 95.5 Å². The van der Waals surface area contributed by atoms with Crippen LogP contribution in [-0.2, 0) is 50.6 Å². The normalized spacial score (nSPS) is 18.6. The van der Waals surface area contributed by atoms with Gasteiger partial charge in [0.05, 0.1) is 26.4 Å². The van der Waals surface area contributed by atoms with Gasteiger partial charge in [-0.3, -0.25) is 0 Å². The third-order valence-electron chi connectivity index (χ3n) is 15.1. The Morgan fingerprint density at radius 1 is 0.458 bits per heavy atom. The standard InChI is InChI=1S/C64H60N4O4/c1-65-53-25-15-13-23-51(53)63(41-45-19-9-7-10-20-45,59(65)27-17-29-61-67(3)55-37-35-49(69-5)39-57(55)71-61)43-47-31-33-48(34-32-47)44-64(42-46-21-11-8-12-22-46)52-24-14-16-26-54(52)66(2)60(64)28-18-30-62-68(4)56-38-36-50(70-6)40-58(56)72-62/h7-40H,41-44H2,1-6H3/q+2. The molecule has 0 fully saturated rings. The van der Waals surface area contributed by atoms with E-state index in [-0.39, 0.29) is 10.8 Å². The van der Waals surface area contributed by atoms with Crippen LogP contribution in [0.3, 0.4) is 0 Å². The lowest BCUT2D eigenvalue weighted by molar-refractivity contribution is -0.652. The van der Waals surface area contributed by atoms with Crippen molar-refractivity contribution in [3.8, 4) is 11.5 Å². The third kappa shape index (κ3) is 8.26. The molecule has 0 N–H and O–H groups in total. The predicted molar refractivity (Wildman–Crippen MR) is 289 cm³/mol. The first kappa shape index (κ1) is 46.0. The Morgan fingerprint density at radius 3 is 1.21 bits per heavy atom. The number of fused-ring (bicyclic) bond motifs is 4. The van der Waals surface area contributed by atoms with Gasteiger partial charge in [0.2, 0.25) is 11.2 Å². The van der Waals surface area contributed by atoms with Crippen LogP contribution in [0.5, 0.6) is 11.5 Å². The van der Waals surface area contributed by atoms with Crippen molar-refractivity contribution < 1.29 is 27.4 Å². The molecule has 2 aliphatic heterocycles. The summed E-state index contributed by atoms with van der Waals surface area (Å²) in [4.78, 5) is 4.77. The Hall–Kier alpha value is -8.36. The molecule has 0 spiro atoms. The van der Waals surface area contributed by atoms with Gasteiger partial charge in [0.15, 0.2) is 0 Å². The van der Waals surface area contributed by atoms with Crippen LogP contribution in [0.1, 0.15) is 45.2 Å². The molecule has 0 aliphatic carbocycles. The number of likely N-dealkylation sites (N-methyl/N-ethyl adjacent to an activating group) is 2. The lowest BCUT2D eigenvalue weighted by Gasteiger charge is -2.34. The van der Waals surface area contributed by atoms with Crippen molar-refractivity contribution in [3.05, 3.63) is 251 Å². The minimum absolute atomic E-state index is 0.367. The Bertz CT molecular complexity index is 3330. The molecule has 0 radical (unpaired) electrons. The monoisotopic (exact) mass is 948 g/mol. The van der Waals surface area contributed by atoms with Crippen molar-refractivity contribution in [3.63, 3.8) is 0 Å². The molecule has 8 nitrogen and oxygen atoms in total. The number of hydrogen-bond donors (Lipinski definition) is 0. The van der Waals surface area contributed by atoms with Gasteiger partial charge < -0.3 is 28.1 Å². The molecule has 0 amide bonds. The van der Waals surface area contributed by atoms with Crippen LogP contribution in [0, 0.1) is 0 Å². The molecule has 4 heterocycles. The summed E-state index contributed by atoms with van der Waals surface area (Å²) in [5, 5.41) is 0. The second kappa shape index (κ2) is 19.1. The Balaban J connectivity index is 0.972. The number of oxazole rings is 2. The molecule has 7 aromatic carbocycles. The molecule has 2 atom stereocenters. The highest BCUT2D eigenvalue weighted by atomic mass is 16.5. The molecule has 0 saturated heterocycles. The second-order valence-corrected chi connectivity index (χ2v) is 19.3. The lowest BCUT2D eigenvalue weighted by atomic mass is 9.69. The molecule has 2 aliphatic rings. The summed E-state index contributed by atoms with van der Waals surface area (Å²) in [6.45, 7) is 0. The molecule has 2 aromatic heterocycles. The fraction of sp³-hybridized carbons (Fsp3) is 0.188. The number of allylic oxidation sites excluding steroid dienone is 6. The third-order valence-corrected chi connectivity index (χ3v) is 15.1. The summed E-state index contributed by atoms with van der Waals surface area (Å²) in [5.41, 5.74) is 15.6. The zero-order chi connectivity index (χ0) is 49.4. The average molecular weight is 949 g/mol. The molecule has 0 bridgehead atoms. The summed E-state index contributed by atoms with van der Waals surface area (Å²) in [5.74, 6) is 3.05. The molecule has 11 rings (SSSR count). The van der Waals surface area contributed by atoms with Gasteiger partial charge in [0, 0.05) is 72.0 Å². The number of rotatable bonds is 14. The number of anilines is 2. The van der Waals surface area contributed by atoms with Crippen LogP contribution in [-0.4, -0.2) is 28.3 Å². The quantitative estimate of drug-likeness (QED) is 0.101. The van der Waals surface area contributed by atoms with Crippen LogP contribution in [0.15, 0.2) is 214 Å². The Kier molecular flexibility index (Phi) is 12.2. The van der Waals surface area contributed by atoms with E-state index in [9.17, 15) is 0 Å². The minimum Gasteiger partial charge on any atom is -0.497 e. The van der Waals surface area contributed by atoms with Crippen LogP contribution < -0.4 is 28.4 Å². The van der Waals surface area contributed by atoms with E-state index >= 15 is 0 Å². The lowest BCUT2D eigenvalue weighted by Crippen LogP contribution is -2.35. The zero-order valence-corrected chi connectivity index (χ0v) is 41.9. The highest BCUT2D eigenvalue weighted by molar-refractivity contribution is 5.76. The summed E-state index contributed by atoms with van der Waals surface area (Å²) in [7, 11) is 11.8. The number of methoxy groups -OCH3 is 2. The van der Waals surface area contributed by atoms with E-state index in [2.05, 4.69) is 203 Å². The number of aromatic nitrogens is 2. The number of nitrogens with zero attached hydrogens (tertiary/aromatic N) is 4. The van der Waals surface area contributed by atoms with E-state index in [1.165, 1.54) is 56.1 Å². The van der Waals surface area contributed by atoms with Crippen molar-refractivity contribution in [2.45, 2.75) is 36.5 Å². The molecule has 9 aromatic rings. The number of ether oxygens (including phenoxy) is 2. The fourth-order valence-electron chi connectivity index (χ4n) is 11.6. The number of hydrogen-bond acceptors (Lipinski definition) is 6. The minimum atomic E-state index is -0.367. The van der Waals surface area contributed by atoms with E-state index in [1.807, 2.05) is 50.5 Å². The summed E-state index contributed by atoms with van der Waals surface area (Å²) in [6.07, 6.45) is 16.3. The van der Waals surface area contributed by atoms with Gasteiger partial charge in [-0.2, -0.15) is 9.13 Å². The second-order valence-electron chi connectivity index (χ2n) is 19.3. The van der Waals surface area contributed by atoms with E-state index in [1.54, 1.807) is 14.2 Å². The molecular weight excluding hydrogens is 889 g/mol. The number of benzene rings is 7. The van der Waals surface area contributed by atoms with Gasteiger partial charge in [0.1, 0.15) is 25.6 Å². The largest absolute Gasteiger partial charge is 0.497 e. The number of para-hydroxylation sites is 2. The molecule has 72 heavy (non-hydrogen) atoms. The number of aryl methyl sites for hydroxylation is 2. The first-order valence-electron chi connectivity index (χ1n) is 24.7. The maximum Gasteiger partial charge on any atom is 0.373 e. The van der Waals surface area contributed by atoms with Crippen LogP contribution >= 0.6 is 0 Å². The highest BCUT2D eigenvalue weighted by Crippen LogP contribution is 2.53. The molecule has 0 saturated carbocycles. The molecular formula is C64H60N4O4+2. The average Bonchev–Trinajstić information content (AvgIpc) is 4.05. The van der Waals surface area contributed by atoms with Gasteiger partial charge in [0.25, 0.3) is 11.0 Å². The van der Waals surface area contributed by atoms with Crippen LogP contribution in [0.25, 0.3) is 34.4 Å². The van der Waals surface area contributed by atoms with E-state index < -0.39 is 0 Å². The molecule has 8 heteroatoms. The van der Waals surface area contributed by atoms with E-state index in [4.69, 9.17) is 18.3 Å². The maximum atomic E-state index is 6.36. The van der Waals surface area contributed by atoms with Gasteiger partial charge in [-0.15, -0.1) is 0 Å². The van der Waals surface area contributed by atoms with Gasteiger partial charge in [-0.25, -0.2) is 0 Å². The van der Waals surface area contributed by atoms with Gasteiger partial charge >= 0.3 is 11.8 Å². The summed E-state index contributed by atoms with van der Waals surface area (Å²) in [6, 6.07) is 61.1. The van der Waals surface area contributed by atoms with Crippen LogP contribution in [0.4, 0.5) is 11.4 Å². The van der Waals surface area contributed by atoms with Crippen LogP contribution in [0.2, 0.25) is 0 Å². The Morgan fingerprint density at radius 2 is 0.819 bits per heavy atom. The zero-order valence-electron chi connectivity index (χ0n) is 41.9. The summed E-state index contributed by atoms with van der Waals surface area (Å²) < 4.78 is 27.9. The first-order chi connectivity index (χ1) is 35.2. The van der Waals surface area contributed by atoms with E-state index in [0.29, 0.717) is 0 Å². The SMILES string of the molecule is COc1ccc2c(c1)oc(C=CC=C1N(C)c3ccccc3C1(Cc1ccccc1)Cc1ccc(CC3(Cc4ccccc4)C(=CC=Cc4oc5cc(OC)ccc5[n+]4C)N(C)c4ccccc43)cc1)[n+]2C. The topological polar surface area (TPSA) is 59.0 Å². The highest BCUT2D eigenvalue weighted by Gasteiger charge is 2.47. The first-order valence-corrected chi connectivity index (χ1v) is 24.7.